The Morgan fingerprint density at radius 1 is 1.00 bits per heavy atom. The Balaban J connectivity index is 2.23. The van der Waals surface area contributed by atoms with Gasteiger partial charge in [0.15, 0.2) is 5.60 Å². The molecule has 0 fully saturated rings. The Morgan fingerprint density at radius 2 is 1.59 bits per heavy atom. The van der Waals surface area contributed by atoms with Crippen LogP contribution in [0.4, 0.5) is 13.2 Å². The number of aliphatic hydroxyl groups is 1. The number of benzene rings is 2. The Kier molecular flexibility index (Phi) is 4.87. The SMILES string of the molecule is CCc1ccccc1Sc1ccc(C(C)(O)C(F)(F)F)cc1. The second-order valence-corrected chi connectivity index (χ2v) is 6.27. The molecule has 118 valence electrons. The van der Waals surface area contributed by atoms with Crippen LogP contribution in [-0.4, -0.2) is 11.3 Å². The van der Waals surface area contributed by atoms with Gasteiger partial charge in [-0.05, 0) is 42.7 Å². The molecule has 0 spiro atoms. The van der Waals surface area contributed by atoms with E-state index in [2.05, 4.69) is 6.92 Å². The molecule has 1 nitrogen and oxygen atoms in total. The molecule has 0 aromatic heterocycles. The van der Waals surface area contributed by atoms with Gasteiger partial charge in [0.1, 0.15) is 0 Å². The van der Waals surface area contributed by atoms with Gasteiger partial charge in [0.25, 0.3) is 0 Å². The molecule has 0 heterocycles. The normalized spacial score (nSPS) is 14.6. The van der Waals surface area contributed by atoms with E-state index in [9.17, 15) is 18.3 Å². The molecule has 0 aliphatic carbocycles. The topological polar surface area (TPSA) is 20.2 Å². The Labute approximate surface area is 132 Å². The van der Waals surface area contributed by atoms with Crippen molar-refractivity contribution in [1.29, 1.82) is 0 Å². The molecule has 1 N–H and O–H groups in total. The number of aryl methyl sites for hydroxylation is 1. The van der Waals surface area contributed by atoms with E-state index in [1.807, 2.05) is 24.3 Å². The van der Waals surface area contributed by atoms with Crippen LogP contribution in [-0.2, 0) is 12.0 Å². The summed E-state index contributed by atoms with van der Waals surface area (Å²) >= 11 is 1.50. The predicted octanol–water partition coefficient (Wildman–Crippen LogP) is 5.17. The molecular formula is C17H17F3OS. The average Bonchev–Trinajstić information content (AvgIpc) is 2.47. The van der Waals surface area contributed by atoms with Crippen molar-refractivity contribution in [2.24, 2.45) is 0 Å². The highest BCUT2D eigenvalue weighted by atomic mass is 32.2. The van der Waals surface area contributed by atoms with Gasteiger partial charge in [0, 0.05) is 9.79 Å². The van der Waals surface area contributed by atoms with Crippen molar-refractivity contribution in [2.75, 3.05) is 0 Å². The Morgan fingerprint density at radius 3 is 2.14 bits per heavy atom. The van der Waals surface area contributed by atoms with Crippen LogP contribution in [0, 0.1) is 0 Å². The molecular weight excluding hydrogens is 309 g/mol. The number of hydrogen-bond donors (Lipinski definition) is 1. The summed E-state index contributed by atoms with van der Waals surface area (Å²) < 4.78 is 38.4. The third-order valence-corrected chi connectivity index (χ3v) is 4.68. The molecule has 0 amide bonds. The van der Waals surface area contributed by atoms with Crippen molar-refractivity contribution in [3.8, 4) is 0 Å². The van der Waals surface area contributed by atoms with E-state index >= 15 is 0 Å². The van der Waals surface area contributed by atoms with E-state index in [-0.39, 0.29) is 5.56 Å². The number of alkyl halides is 3. The summed E-state index contributed by atoms with van der Waals surface area (Å²) in [7, 11) is 0. The second-order valence-electron chi connectivity index (χ2n) is 5.16. The van der Waals surface area contributed by atoms with E-state index < -0.39 is 11.8 Å². The molecule has 5 heteroatoms. The first-order chi connectivity index (χ1) is 10.3. The van der Waals surface area contributed by atoms with Crippen LogP contribution >= 0.6 is 11.8 Å². The highest BCUT2D eigenvalue weighted by molar-refractivity contribution is 7.99. The molecule has 0 aliphatic rings. The molecule has 0 bridgehead atoms. The minimum absolute atomic E-state index is 0.159. The standard InChI is InChI=1S/C17H17F3OS/c1-3-12-6-4-5-7-15(12)22-14-10-8-13(9-11-14)16(2,21)17(18,19)20/h4-11,21H,3H2,1-2H3. The first-order valence-corrected chi connectivity index (χ1v) is 7.72. The molecule has 2 rings (SSSR count). The van der Waals surface area contributed by atoms with Gasteiger partial charge >= 0.3 is 6.18 Å². The monoisotopic (exact) mass is 326 g/mol. The summed E-state index contributed by atoms with van der Waals surface area (Å²) in [6.07, 6.45) is -3.81. The van der Waals surface area contributed by atoms with Gasteiger partial charge in [-0.15, -0.1) is 0 Å². The maximum absolute atomic E-state index is 12.8. The largest absolute Gasteiger partial charge is 0.421 e. The van der Waals surface area contributed by atoms with Crippen molar-refractivity contribution < 1.29 is 18.3 Å². The summed E-state index contributed by atoms with van der Waals surface area (Å²) in [5.74, 6) is 0. The van der Waals surface area contributed by atoms with E-state index in [1.165, 1.54) is 29.5 Å². The fourth-order valence-corrected chi connectivity index (χ4v) is 3.05. The fourth-order valence-electron chi connectivity index (χ4n) is 2.03. The maximum Gasteiger partial charge on any atom is 0.421 e. The fraction of sp³-hybridized carbons (Fsp3) is 0.294. The number of halogens is 3. The van der Waals surface area contributed by atoms with Crippen LogP contribution in [0.2, 0.25) is 0 Å². The molecule has 2 aromatic rings. The van der Waals surface area contributed by atoms with Gasteiger partial charge in [-0.25, -0.2) is 0 Å². The van der Waals surface area contributed by atoms with Gasteiger partial charge in [-0.3, -0.25) is 0 Å². The third-order valence-electron chi connectivity index (χ3n) is 3.55. The predicted molar refractivity (Wildman–Crippen MR) is 82.0 cm³/mol. The van der Waals surface area contributed by atoms with E-state index in [1.54, 1.807) is 12.1 Å². The van der Waals surface area contributed by atoms with Gasteiger partial charge in [-0.1, -0.05) is 49.0 Å². The Bertz CT molecular complexity index is 633. The molecule has 1 atom stereocenters. The zero-order valence-electron chi connectivity index (χ0n) is 12.3. The van der Waals surface area contributed by atoms with Crippen molar-refractivity contribution in [3.05, 3.63) is 59.7 Å². The lowest BCUT2D eigenvalue weighted by atomic mass is 9.96. The number of hydrogen-bond acceptors (Lipinski definition) is 2. The van der Waals surface area contributed by atoms with Crippen molar-refractivity contribution in [2.45, 2.75) is 41.8 Å². The smallest absolute Gasteiger partial charge is 0.376 e. The van der Waals surface area contributed by atoms with Crippen LogP contribution in [0.5, 0.6) is 0 Å². The minimum atomic E-state index is -4.70. The van der Waals surface area contributed by atoms with E-state index in [4.69, 9.17) is 0 Å². The summed E-state index contributed by atoms with van der Waals surface area (Å²) in [5, 5.41) is 9.65. The van der Waals surface area contributed by atoms with Crippen LogP contribution in [0.25, 0.3) is 0 Å². The first-order valence-electron chi connectivity index (χ1n) is 6.91. The molecule has 22 heavy (non-hydrogen) atoms. The zero-order chi connectivity index (χ0) is 16.4. The minimum Gasteiger partial charge on any atom is -0.376 e. The summed E-state index contributed by atoms with van der Waals surface area (Å²) in [6.45, 7) is 2.82. The second kappa shape index (κ2) is 6.34. The molecule has 0 saturated carbocycles. The van der Waals surface area contributed by atoms with Gasteiger partial charge < -0.3 is 5.11 Å². The third kappa shape index (κ3) is 3.47. The van der Waals surface area contributed by atoms with E-state index in [0.717, 1.165) is 23.1 Å². The molecule has 0 saturated heterocycles. The molecule has 0 radical (unpaired) electrons. The average molecular weight is 326 g/mol. The van der Waals surface area contributed by atoms with Crippen LogP contribution < -0.4 is 0 Å². The van der Waals surface area contributed by atoms with Crippen LogP contribution in [0.3, 0.4) is 0 Å². The van der Waals surface area contributed by atoms with E-state index in [0.29, 0.717) is 0 Å². The highest BCUT2D eigenvalue weighted by Crippen LogP contribution is 2.39. The quantitative estimate of drug-likeness (QED) is 0.836. The Hall–Kier alpha value is -1.46. The zero-order valence-corrected chi connectivity index (χ0v) is 13.1. The summed E-state index contributed by atoms with van der Waals surface area (Å²) in [5.41, 5.74) is -1.80. The lowest BCUT2D eigenvalue weighted by molar-refractivity contribution is -0.258. The highest BCUT2D eigenvalue weighted by Gasteiger charge is 2.51. The lowest BCUT2D eigenvalue weighted by Crippen LogP contribution is -2.39. The van der Waals surface area contributed by atoms with Gasteiger partial charge in [0.2, 0.25) is 0 Å². The lowest BCUT2D eigenvalue weighted by Gasteiger charge is -2.26. The van der Waals surface area contributed by atoms with Gasteiger partial charge in [0.05, 0.1) is 0 Å². The van der Waals surface area contributed by atoms with Crippen LogP contribution in [0.1, 0.15) is 25.0 Å². The molecule has 2 aromatic carbocycles. The van der Waals surface area contributed by atoms with Crippen molar-refractivity contribution in [3.63, 3.8) is 0 Å². The summed E-state index contributed by atoms with van der Waals surface area (Å²) in [4.78, 5) is 1.92. The van der Waals surface area contributed by atoms with Gasteiger partial charge in [-0.2, -0.15) is 13.2 Å². The van der Waals surface area contributed by atoms with Crippen molar-refractivity contribution in [1.82, 2.24) is 0 Å². The van der Waals surface area contributed by atoms with Crippen molar-refractivity contribution >= 4 is 11.8 Å². The number of rotatable bonds is 4. The van der Waals surface area contributed by atoms with Crippen LogP contribution in [0.15, 0.2) is 58.3 Å². The molecule has 1 unspecified atom stereocenters. The maximum atomic E-state index is 12.8. The summed E-state index contributed by atoms with van der Waals surface area (Å²) in [6, 6.07) is 13.8. The molecule has 0 aliphatic heterocycles. The first kappa shape index (κ1) is 16.9.